The highest BCUT2D eigenvalue weighted by molar-refractivity contribution is 5.86. The van der Waals surface area contributed by atoms with Gasteiger partial charge >= 0.3 is 6.18 Å². The van der Waals surface area contributed by atoms with Crippen LogP contribution >= 0.6 is 0 Å². The summed E-state index contributed by atoms with van der Waals surface area (Å²) in [6, 6.07) is 5.02. The molecule has 36 heavy (non-hydrogen) atoms. The van der Waals surface area contributed by atoms with Crippen LogP contribution in [0.15, 0.2) is 24.3 Å². The second-order valence-electron chi connectivity index (χ2n) is 9.95. The van der Waals surface area contributed by atoms with Gasteiger partial charge in [-0.15, -0.1) is 0 Å². The highest BCUT2D eigenvalue weighted by atomic mass is 19.4. The largest absolute Gasteiger partial charge is 0.416 e. The summed E-state index contributed by atoms with van der Waals surface area (Å²) in [5, 5.41) is 6.10. The number of hydrogen-bond donors (Lipinski definition) is 2. The maximum Gasteiger partial charge on any atom is 0.416 e. The number of amides is 3. The van der Waals surface area contributed by atoms with Gasteiger partial charge in [0, 0.05) is 51.7 Å². The fourth-order valence-corrected chi connectivity index (χ4v) is 5.53. The van der Waals surface area contributed by atoms with Crippen molar-refractivity contribution in [2.24, 2.45) is 5.92 Å². The Morgan fingerprint density at radius 1 is 1.08 bits per heavy atom. The van der Waals surface area contributed by atoms with Crippen molar-refractivity contribution in [3.05, 3.63) is 35.4 Å². The first-order valence-electron chi connectivity index (χ1n) is 12.6. The molecule has 1 saturated carbocycles. The lowest BCUT2D eigenvalue weighted by Gasteiger charge is -2.45. The SMILES string of the molecule is CC(=O)N1CCCN(C2CCC3NCN(CC(=O)NCc4ccc(C(F)(F)F)cc4)C(=O)C3C2)CC1. The van der Waals surface area contributed by atoms with Gasteiger partial charge in [0.2, 0.25) is 17.7 Å². The molecule has 3 amide bonds. The first kappa shape index (κ1) is 26.4. The Hall–Kier alpha value is -2.66. The molecule has 2 saturated heterocycles. The van der Waals surface area contributed by atoms with E-state index in [0.29, 0.717) is 18.8 Å². The fourth-order valence-electron chi connectivity index (χ4n) is 5.53. The highest BCUT2D eigenvalue weighted by Crippen LogP contribution is 2.32. The lowest BCUT2D eigenvalue weighted by atomic mass is 9.79. The molecule has 3 atom stereocenters. The Bertz CT molecular complexity index is 955. The molecule has 198 valence electrons. The molecule has 0 spiro atoms. The summed E-state index contributed by atoms with van der Waals surface area (Å²) in [6.45, 7) is 5.07. The molecule has 3 unspecified atom stereocenters. The first-order valence-corrected chi connectivity index (χ1v) is 12.6. The standard InChI is InChI=1S/C25H34F3N5O3/c1-17(34)31-9-2-10-32(12-11-31)20-7-8-22-21(13-20)24(36)33(16-30-22)15-23(35)29-14-18-3-5-19(6-4-18)25(26,27)28/h3-6,20-22,30H,2,7-16H2,1H3,(H,29,35). The summed E-state index contributed by atoms with van der Waals surface area (Å²) in [4.78, 5) is 43.3. The third-order valence-electron chi connectivity index (χ3n) is 7.59. The van der Waals surface area contributed by atoms with E-state index < -0.39 is 11.7 Å². The molecule has 4 rings (SSSR count). The zero-order valence-corrected chi connectivity index (χ0v) is 20.5. The molecular weight excluding hydrogens is 475 g/mol. The van der Waals surface area contributed by atoms with Gasteiger partial charge in [-0.05, 0) is 43.4 Å². The Balaban J connectivity index is 1.28. The van der Waals surface area contributed by atoms with E-state index in [1.807, 2.05) is 4.90 Å². The van der Waals surface area contributed by atoms with E-state index in [-0.39, 0.29) is 48.8 Å². The minimum absolute atomic E-state index is 0.0340. The van der Waals surface area contributed by atoms with E-state index in [1.54, 1.807) is 6.92 Å². The molecule has 0 radical (unpaired) electrons. The van der Waals surface area contributed by atoms with Crippen LogP contribution in [0.5, 0.6) is 0 Å². The van der Waals surface area contributed by atoms with E-state index >= 15 is 0 Å². The molecule has 2 N–H and O–H groups in total. The number of nitrogens with zero attached hydrogens (tertiary/aromatic N) is 3. The van der Waals surface area contributed by atoms with Crippen LogP contribution in [0.3, 0.4) is 0 Å². The predicted molar refractivity (Wildman–Crippen MR) is 126 cm³/mol. The number of rotatable bonds is 5. The molecule has 1 aromatic carbocycles. The van der Waals surface area contributed by atoms with Crippen LogP contribution in [0.25, 0.3) is 0 Å². The van der Waals surface area contributed by atoms with Crippen LogP contribution in [0.1, 0.15) is 43.7 Å². The van der Waals surface area contributed by atoms with E-state index in [9.17, 15) is 27.6 Å². The lowest BCUT2D eigenvalue weighted by Crippen LogP contribution is -2.61. The maximum atomic E-state index is 13.3. The number of carbonyl (C=O) groups is 3. The van der Waals surface area contributed by atoms with Crippen LogP contribution in [-0.4, -0.2) is 83.9 Å². The summed E-state index contributed by atoms with van der Waals surface area (Å²) in [6.07, 6.45) is -0.875. The zero-order chi connectivity index (χ0) is 25.9. The van der Waals surface area contributed by atoms with E-state index in [4.69, 9.17) is 0 Å². The van der Waals surface area contributed by atoms with Crippen molar-refractivity contribution in [1.29, 1.82) is 0 Å². The normalized spacial score (nSPS) is 25.8. The summed E-state index contributed by atoms with van der Waals surface area (Å²) in [7, 11) is 0. The minimum Gasteiger partial charge on any atom is -0.350 e. The van der Waals surface area contributed by atoms with Crippen LogP contribution in [0.4, 0.5) is 13.2 Å². The van der Waals surface area contributed by atoms with Gasteiger partial charge in [-0.25, -0.2) is 0 Å². The van der Waals surface area contributed by atoms with E-state index in [0.717, 1.165) is 57.5 Å². The van der Waals surface area contributed by atoms with Crippen molar-refractivity contribution < 1.29 is 27.6 Å². The molecular formula is C25H34F3N5O3. The van der Waals surface area contributed by atoms with Gasteiger partial charge in [-0.2, -0.15) is 13.2 Å². The number of benzene rings is 1. The maximum absolute atomic E-state index is 13.3. The number of alkyl halides is 3. The summed E-state index contributed by atoms with van der Waals surface area (Å²) < 4.78 is 38.1. The summed E-state index contributed by atoms with van der Waals surface area (Å²) in [5.74, 6) is -0.493. The molecule has 11 heteroatoms. The molecule has 3 fully saturated rings. The fraction of sp³-hybridized carbons (Fsp3) is 0.640. The molecule has 0 aromatic heterocycles. The lowest BCUT2D eigenvalue weighted by molar-refractivity contribution is -0.146. The second-order valence-corrected chi connectivity index (χ2v) is 9.95. The number of nitrogens with one attached hydrogen (secondary N) is 2. The third-order valence-corrected chi connectivity index (χ3v) is 7.59. The van der Waals surface area contributed by atoms with Crippen LogP contribution in [0, 0.1) is 5.92 Å². The van der Waals surface area contributed by atoms with Gasteiger partial charge in [-0.1, -0.05) is 12.1 Å². The first-order chi connectivity index (χ1) is 17.1. The van der Waals surface area contributed by atoms with Crippen LogP contribution < -0.4 is 10.6 Å². The van der Waals surface area contributed by atoms with Crippen LogP contribution in [0.2, 0.25) is 0 Å². The van der Waals surface area contributed by atoms with Gasteiger partial charge in [0.05, 0.1) is 18.2 Å². The Morgan fingerprint density at radius 2 is 1.83 bits per heavy atom. The van der Waals surface area contributed by atoms with Gasteiger partial charge in [0.15, 0.2) is 0 Å². The number of carbonyl (C=O) groups excluding carboxylic acids is 3. The van der Waals surface area contributed by atoms with Gasteiger partial charge in [0.25, 0.3) is 0 Å². The molecule has 3 aliphatic rings. The van der Waals surface area contributed by atoms with Crippen molar-refractivity contribution in [3.8, 4) is 0 Å². The second kappa shape index (κ2) is 11.2. The number of halogens is 3. The highest BCUT2D eigenvalue weighted by Gasteiger charge is 2.42. The number of fused-ring (bicyclic) bond motifs is 1. The predicted octanol–water partition coefficient (Wildman–Crippen LogP) is 1.80. The van der Waals surface area contributed by atoms with Crippen molar-refractivity contribution in [3.63, 3.8) is 0 Å². The molecule has 1 aliphatic carbocycles. The Kier molecular flexibility index (Phi) is 8.19. The van der Waals surface area contributed by atoms with E-state index in [2.05, 4.69) is 15.5 Å². The summed E-state index contributed by atoms with van der Waals surface area (Å²) >= 11 is 0. The minimum atomic E-state index is -4.40. The van der Waals surface area contributed by atoms with Gasteiger partial charge in [-0.3, -0.25) is 24.6 Å². The average Bonchev–Trinajstić information content (AvgIpc) is 3.11. The Morgan fingerprint density at radius 3 is 2.53 bits per heavy atom. The quantitative estimate of drug-likeness (QED) is 0.633. The van der Waals surface area contributed by atoms with Gasteiger partial charge < -0.3 is 15.1 Å². The third kappa shape index (κ3) is 6.36. The van der Waals surface area contributed by atoms with Crippen LogP contribution in [-0.2, 0) is 27.1 Å². The van der Waals surface area contributed by atoms with E-state index in [1.165, 1.54) is 17.0 Å². The monoisotopic (exact) mass is 509 g/mol. The summed E-state index contributed by atoms with van der Waals surface area (Å²) in [5.41, 5.74) is -0.185. The smallest absolute Gasteiger partial charge is 0.350 e. The average molecular weight is 510 g/mol. The molecule has 0 bridgehead atoms. The Labute approximate surface area is 209 Å². The zero-order valence-electron chi connectivity index (χ0n) is 20.5. The molecule has 1 aromatic rings. The van der Waals surface area contributed by atoms with Crippen molar-refractivity contribution >= 4 is 17.7 Å². The van der Waals surface area contributed by atoms with Crippen molar-refractivity contribution in [2.45, 2.75) is 57.4 Å². The number of hydrogen-bond acceptors (Lipinski definition) is 5. The molecule has 2 aliphatic heterocycles. The van der Waals surface area contributed by atoms with Crippen molar-refractivity contribution in [2.75, 3.05) is 39.4 Å². The van der Waals surface area contributed by atoms with Crippen molar-refractivity contribution in [1.82, 2.24) is 25.3 Å². The van der Waals surface area contributed by atoms with Gasteiger partial charge in [0.1, 0.15) is 6.54 Å². The topological polar surface area (TPSA) is 85.0 Å². The molecule has 8 nitrogen and oxygen atoms in total. The molecule has 2 heterocycles.